The second kappa shape index (κ2) is 7.48. The number of hydrogen-bond acceptors (Lipinski definition) is 3. The molecule has 1 amide bonds. The summed E-state index contributed by atoms with van der Waals surface area (Å²) < 4.78 is 14.0. The molecule has 1 heterocycles. The first-order chi connectivity index (χ1) is 10.2. The third-order valence-corrected chi connectivity index (χ3v) is 4.78. The second-order valence-electron chi connectivity index (χ2n) is 4.85. The molecule has 5 heteroatoms. The van der Waals surface area contributed by atoms with Crippen molar-refractivity contribution in [2.24, 2.45) is 5.73 Å². The van der Waals surface area contributed by atoms with Crippen LogP contribution in [0, 0.1) is 17.7 Å². The normalized spacial score (nSPS) is 18.0. The van der Waals surface area contributed by atoms with Gasteiger partial charge in [-0.15, -0.1) is 0 Å². The Labute approximate surface area is 129 Å². The Morgan fingerprint density at radius 2 is 2.38 bits per heavy atom. The Bertz CT molecular complexity index is 579. The van der Waals surface area contributed by atoms with Crippen LogP contribution in [0.25, 0.3) is 0 Å². The van der Waals surface area contributed by atoms with Crippen molar-refractivity contribution in [2.75, 3.05) is 25.4 Å². The van der Waals surface area contributed by atoms with Gasteiger partial charge in [0.2, 0.25) is 0 Å². The van der Waals surface area contributed by atoms with Crippen LogP contribution in [0.5, 0.6) is 0 Å². The van der Waals surface area contributed by atoms with E-state index in [1.165, 1.54) is 12.1 Å². The van der Waals surface area contributed by atoms with Gasteiger partial charge in [-0.3, -0.25) is 4.79 Å². The van der Waals surface area contributed by atoms with Crippen LogP contribution in [0.1, 0.15) is 29.3 Å². The topological polar surface area (TPSA) is 46.3 Å². The number of amides is 1. The van der Waals surface area contributed by atoms with Gasteiger partial charge in [0, 0.05) is 29.7 Å². The van der Waals surface area contributed by atoms with Crippen LogP contribution in [0.15, 0.2) is 18.2 Å². The summed E-state index contributed by atoms with van der Waals surface area (Å²) in [4.78, 5) is 14.3. The number of rotatable bonds is 2. The fraction of sp³-hybridized carbons (Fsp3) is 0.438. The van der Waals surface area contributed by atoms with Crippen LogP contribution in [0.2, 0.25) is 0 Å². The quantitative estimate of drug-likeness (QED) is 0.851. The molecule has 3 nitrogen and oxygen atoms in total. The van der Waals surface area contributed by atoms with Gasteiger partial charge in [-0.05, 0) is 24.6 Å². The molecule has 21 heavy (non-hydrogen) atoms. The van der Waals surface area contributed by atoms with Gasteiger partial charge >= 0.3 is 0 Å². The van der Waals surface area contributed by atoms with E-state index in [0.29, 0.717) is 23.9 Å². The van der Waals surface area contributed by atoms with E-state index in [0.717, 1.165) is 12.2 Å². The van der Waals surface area contributed by atoms with E-state index in [1.54, 1.807) is 11.0 Å². The first kappa shape index (κ1) is 15.9. The summed E-state index contributed by atoms with van der Waals surface area (Å²) in [6.07, 6.45) is 1.01. The molecule has 0 aromatic heterocycles. The highest BCUT2D eigenvalue weighted by molar-refractivity contribution is 8.00. The van der Waals surface area contributed by atoms with Gasteiger partial charge in [0.05, 0.1) is 12.1 Å². The van der Waals surface area contributed by atoms with Crippen LogP contribution >= 0.6 is 11.8 Å². The van der Waals surface area contributed by atoms with Crippen molar-refractivity contribution in [3.05, 3.63) is 35.1 Å². The highest BCUT2D eigenvalue weighted by Gasteiger charge is 2.25. The van der Waals surface area contributed by atoms with Crippen LogP contribution < -0.4 is 5.73 Å². The summed E-state index contributed by atoms with van der Waals surface area (Å²) in [7, 11) is 0. The van der Waals surface area contributed by atoms with Crippen molar-refractivity contribution in [1.82, 2.24) is 4.90 Å². The van der Waals surface area contributed by atoms with Crippen molar-refractivity contribution in [3.8, 4) is 11.8 Å². The maximum absolute atomic E-state index is 14.0. The first-order valence-corrected chi connectivity index (χ1v) is 8.10. The fourth-order valence-corrected chi connectivity index (χ4v) is 3.42. The number of thioether (sulfide) groups is 1. The molecule has 1 fully saturated rings. The van der Waals surface area contributed by atoms with E-state index < -0.39 is 5.82 Å². The van der Waals surface area contributed by atoms with Crippen molar-refractivity contribution < 1.29 is 9.18 Å². The van der Waals surface area contributed by atoms with Crippen molar-refractivity contribution >= 4 is 17.7 Å². The summed E-state index contributed by atoms with van der Waals surface area (Å²) in [6.45, 7) is 3.69. The van der Waals surface area contributed by atoms with Crippen LogP contribution in [0.4, 0.5) is 4.39 Å². The molecule has 0 aliphatic carbocycles. The maximum Gasteiger partial charge on any atom is 0.256 e. The Balaban J connectivity index is 2.21. The summed E-state index contributed by atoms with van der Waals surface area (Å²) in [5, 5.41) is 0.436. The minimum atomic E-state index is -0.496. The Morgan fingerprint density at radius 1 is 1.57 bits per heavy atom. The Hall–Kier alpha value is -1.51. The predicted octanol–water partition coefficient (Wildman–Crippen LogP) is 2.10. The lowest BCUT2D eigenvalue weighted by molar-refractivity contribution is 0.0756. The molecule has 1 aliphatic heterocycles. The molecular formula is C16H19FN2OS. The first-order valence-electron chi connectivity index (χ1n) is 7.05. The number of carbonyl (C=O) groups is 1. The molecule has 1 unspecified atom stereocenters. The SMILES string of the molecule is CCC1CN(C(=O)c2cc(C#CCN)ccc2F)CCS1. The Morgan fingerprint density at radius 3 is 3.10 bits per heavy atom. The molecule has 1 saturated heterocycles. The highest BCUT2D eigenvalue weighted by Crippen LogP contribution is 2.23. The number of halogens is 1. The zero-order valence-electron chi connectivity index (χ0n) is 12.1. The predicted molar refractivity (Wildman–Crippen MR) is 84.8 cm³/mol. The molecule has 2 N–H and O–H groups in total. The molecule has 0 spiro atoms. The van der Waals surface area contributed by atoms with Gasteiger partial charge < -0.3 is 10.6 Å². The lowest BCUT2D eigenvalue weighted by Crippen LogP contribution is -2.42. The second-order valence-corrected chi connectivity index (χ2v) is 6.26. The zero-order chi connectivity index (χ0) is 15.2. The fourth-order valence-electron chi connectivity index (χ4n) is 2.24. The largest absolute Gasteiger partial charge is 0.337 e. The van der Waals surface area contributed by atoms with Gasteiger partial charge in [-0.2, -0.15) is 11.8 Å². The van der Waals surface area contributed by atoms with E-state index in [9.17, 15) is 9.18 Å². The molecule has 1 aliphatic rings. The average Bonchev–Trinajstić information content (AvgIpc) is 2.53. The molecule has 0 bridgehead atoms. The number of benzene rings is 1. The zero-order valence-corrected chi connectivity index (χ0v) is 12.9. The third-order valence-electron chi connectivity index (χ3n) is 3.41. The number of carbonyl (C=O) groups excluding carboxylic acids is 1. The van der Waals surface area contributed by atoms with Crippen LogP contribution in [-0.2, 0) is 0 Å². The lowest BCUT2D eigenvalue weighted by Gasteiger charge is -2.32. The monoisotopic (exact) mass is 306 g/mol. The molecule has 1 aromatic rings. The molecule has 1 atom stereocenters. The molecular weight excluding hydrogens is 287 g/mol. The van der Waals surface area contributed by atoms with Gasteiger partial charge in [0.1, 0.15) is 5.82 Å². The van der Waals surface area contributed by atoms with Gasteiger partial charge in [-0.25, -0.2) is 4.39 Å². The Kier molecular flexibility index (Phi) is 5.66. The van der Waals surface area contributed by atoms with Crippen LogP contribution in [-0.4, -0.2) is 41.4 Å². The minimum absolute atomic E-state index is 0.0978. The van der Waals surface area contributed by atoms with E-state index >= 15 is 0 Å². The van der Waals surface area contributed by atoms with Crippen molar-refractivity contribution in [1.29, 1.82) is 0 Å². The summed E-state index contributed by atoms with van der Waals surface area (Å²) in [5.41, 5.74) is 6.04. The molecule has 0 saturated carbocycles. The summed E-state index contributed by atoms with van der Waals surface area (Å²) in [5.74, 6) is 5.70. The molecule has 0 radical (unpaired) electrons. The van der Waals surface area contributed by atoms with Crippen LogP contribution in [0.3, 0.4) is 0 Å². The summed E-state index contributed by atoms with van der Waals surface area (Å²) >= 11 is 1.87. The maximum atomic E-state index is 14.0. The van der Waals surface area contributed by atoms with Gasteiger partial charge in [0.25, 0.3) is 5.91 Å². The third kappa shape index (κ3) is 3.99. The molecule has 1 aromatic carbocycles. The summed E-state index contributed by atoms with van der Waals surface area (Å²) in [6, 6.07) is 4.38. The number of hydrogen-bond donors (Lipinski definition) is 1. The van der Waals surface area contributed by atoms with Gasteiger partial charge in [0.15, 0.2) is 0 Å². The van der Waals surface area contributed by atoms with E-state index in [-0.39, 0.29) is 18.0 Å². The molecule has 2 rings (SSSR count). The standard InChI is InChI=1S/C16H19FN2OS/c1-2-13-11-19(8-9-21-13)16(20)14-10-12(4-3-7-18)5-6-15(14)17/h5-6,10,13H,2,7-9,11,18H2,1H3. The van der Waals surface area contributed by atoms with Crippen molar-refractivity contribution in [2.45, 2.75) is 18.6 Å². The van der Waals surface area contributed by atoms with Crippen molar-refractivity contribution in [3.63, 3.8) is 0 Å². The highest BCUT2D eigenvalue weighted by atomic mass is 32.2. The van der Waals surface area contributed by atoms with E-state index in [1.807, 2.05) is 11.8 Å². The average molecular weight is 306 g/mol. The van der Waals surface area contributed by atoms with Gasteiger partial charge in [-0.1, -0.05) is 18.8 Å². The molecule has 112 valence electrons. The number of nitrogens with zero attached hydrogens (tertiary/aromatic N) is 1. The van der Waals surface area contributed by atoms with E-state index in [4.69, 9.17) is 5.73 Å². The smallest absolute Gasteiger partial charge is 0.256 e. The minimum Gasteiger partial charge on any atom is -0.337 e. The van der Waals surface area contributed by atoms with E-state index in [2.05, 4.69) is 18.8 Å². The number of nitrogens with two attached hydrogens (primary N) is 1. The lowest BCUT2D eigenvalue weighted by atomic mass is 10.1.